The summed E-state index contributed by atoms with van der Waals surface area (Å²) in [5.74, 6) is -0.398. The molecule has 184 valence electrons. The van der Waals surface area contributed by atoms with Crippen LogP contribution in [0.3, 0.4) is 0 Å². The Hall–Kier alpha value is -3.81. The Labute approximate surface area is 223 Å². The van der Waals surface area contributed by atoms with Gasteiger partial charge in [0.1, 0.15) is 10.7 Å². The zero-order valence-corrected chi connectivity index (χ0v) is 21.5. The standard InChI is InChI=1S/C29H23ClN4O2S/c30-19-13-11-18(12-14-19)17-34-23-9-3-1-7-21(23)26(29(34)36)33-28-25(22-8-2-4-10-24(22)37-28)27(35)32-20-6-5-15-31-16-20/h1,3,5-7,9,11-16H,2,4,8,10,17H2,(H,32,35). The Morgan fingerprint density at radius 3 is 2.68 bits per heavy atom. The second-order valence-electron chi connectivity index (χ2n) is 9.08. The zero-order chi connectivity index (χ0) is 25.4. The lowest BCUT2D eigenvalue weighted by atomic mass is 9.95. The molecule has 0 spiro atoms. The fourth-order valence-electron chi connectivity index (χ4n) is 4.90. The van der Waals surface area contributed by atoms with Gasteiger partial charge < -0.3 is 10.2 Å². The maximum atomic E-state index is 13.7. The molecule has 1 N–H and O–H groups in total. The van der Waals surface area contributed by atoms with Crippen molar-refractivity contribution in [1.29, 1.82) is 0 Å². The summed E-state index contributed by atoms with van der Waals surface area (Å²) in [5, 5.41) is 4.20. The van der Waals surface area contributed by atoms with E-state index in [-0.39, 0.29) is 11.8 Å². The summed E-state index contributed by atoms with van der Waals surface area (Å²) in [6.07, 6.45) is 7.16. The number of aryl methyl sites for hydroxylation is 1. The van der Waals surface area contributed by atoms with Crippen molar-refractivity contribution >= 4 is 56.8 Å². The third-order valence-corrected chi connectivity index (χ3v) is 8.10. The van der Waals surface area contributed by atoms with E-state index in [2.05, 4.69) is 10.3 Å². The summed E-state index contributed by atoms with van der Waals surface area (Å²) in [7, 11) is 0. The molecular weight excluding hydrogens is 504 g/mol. The predicted octanol–water partition coefficient (Wildman–Crippen LogP) is 6.60. The molecule has 0 bridgehead atoms. The maximum Gasteiger partial charge on any atom is 0.277 e. The monoisotopic (exact) mass is 526 g/mol. The Bertz CT molecular complexity index is 1530. The van der Waals surface area contributed by atoms with Crippen molar-refractivity contribution in [2.45, 2.75) is 32.2 Å². The smallest absolute Gasteiger partial charge is 0.277 e. The Balaban J connectivity index is 1.41. The Kier molecular flexibility index (Phi) is 6.32. The van der Waals surface area contributed by atoms with Gasteiger partial charge in [-0.1, -0.05) is 41.9 Å². The molecule has 1 aliphatic heterocycles. The number of nitrogens with one attached hydrogen (secondary N) is 1. The first-order valence-corrected chi connectivity index (χ1v) is 13.4. The van der Waals surface area contributed by atoms with Gasteiger partial charge in [-0.15, -0.1) is 11.3 Å². The number of carbonyl (C=O) groups is 2. The highest BCUT2D eigenvalue weighted by Gasteiger charge is 2.35. The number of halogens is 1. The summed E-state index contributed by atoms with van der Waals surface area (Å²) in [6.45, 7) is 0.404. The third kappa shape index (κ3) is 4.56. The molecule has 6 rings (SSSR count). The zero-order valence-electron chi connectivity index (χ0n) is 19.9. The number of pyridine rings is 1. The van der Waals surface area contributed by atoms with E-state index in [1.54, 1.807) is 29.4 Å². The van der Waals surface area contributed by atoms with Crippen LogP contribution in [0, 0.1) is 0 Å². The number of nitrogens with zero attached hydrogens (tertiary/aromatic N) is 3. The minimum absolute atomic E-state index is 0.180. The number of carbonyl (C=O) groups excluding carboxylic acids is 2. The van der Waals surface area contributed by atoms with Crippen molar-refractivity contribution in [3.8, 4) is 0 Å². The molecule has 4 aromatic rings. The highest BCUT2D eigenvalue weighted by molar-refractivity contribution is 7.16. The van der Waals surface area contributed by atoms with Crippen molar-refractivity contribution < 1.29 is 9.59 Å². The third-order valence-electron chi connectivity index (χ3n) is 6.66. The number of fused-ring (bicyclic) bond motifs is 2. The minimum Gasteiger partial charge on any atom is -0.320 e. The van der Waals surface area contributed by atoms with Crippen molar-refractivity contribution in [2.75, 3.05) is 10.2 Å². The summed E-state index contributed by atoms with van der Waals surface area (Å²) in [4.78, 5) is 39.1. The van der Waals surface area contributed by atoms with E-state index in [1.165, 1.54) is 16.2 Å². The van der Waals surface area contributed by atoms with Crippen LogP contribution in [-0.4, -0.2) is 22.5 Å². The first kappa shape index (κ1) is 23.6. The lowest BCUT2D eigenvalue weighted by molar-refractivity contribution is -0.112. The molecule has 2 aromatic carbocycles. The SMILES string of the molecule is O=C(Nc1cccnc1)c1c(N=C2C(=O)N(Cc3ccc(Cl)cc3)c3ccccc32)sc2c1CCCC2. The predicted molar refractivity (Wildman–Crippen MR) is 148 cm³/mol. The molecule has 0 saturated carbocycles. The number of benzene rings is 2. The van der Waals surface area contributed by atoms with Crippen molar-refractivity contribution in [3.63, 3.8) is 0 Å². The van der Waals surface area contributed by atoms with Gasteiger partial charge in [0.2, 0.25) is 0 Å². The van der Waals surface area contributed by atoms with E-state index in [0.29, 0.717) is 33.5 Å². The molecule has 0 atom stereocenters. The summed E-state index contributed by atoms with van der Waals surface area (Å²) in [5.41, 5.74) is 5.15. The number of para-hydroxylation sites is 1. The average molecular weight is 527 g/mol. The van der Waals surface area contributed by atoms with Crippen LogP contribution in [0.4, 0.5) is 16.4 Å². The van der Waals surface area contributed by atoms with E-state index < -0.39 is 0 Å². The molecule has 8 heteroatoms. The molecular formula is C29H23ClN4O2S. The molecule has 0 saturated heterocycles. The van der Waals surface area contributed by atoms with Gasteiger partial charge in [0.25, 0.3) is 11.8 Å². The first-order chi connectivity index (χ1) is 18.1. The number of aliphatic imine (C=N–C) groups is 1. The van der Waals surface area contributed by atoms with Crippen molar-refractivity contribution in [2.24, 2.45) is 4.99 Å². The van der Waals surface area contributed by atoms with E-state index in [1.807, 2.05) is 48.5 Å². The molecule has 0 radical (unpaired) electrons. The van der Waals surface area contributed by atoms with E-state index in [0.717, 1.165) is 48.1 Å². The average Bonchev–Trinajstić information content (AvgIpc) is 3.41. The Morgan fingerprint density at radius 2 is 1.86 bits per heavy atom. The quantitative estimate of drug-likeness (QED) is 0.318. The van der Waals surface area contributed by atoms with Crippen LogP contribution in [-0.2, 0) is 24.2 Å². The molecule has 37 heavy (non-hydrogen) atoms. The van der Waals surface area contributed by atoms with Gasteiger partial charge in [-0.25, -0.2) is 4.99 Å². The first-order valence-electron chi connectivity index (χ1n) is 12.2. The van der Waals surface area contributed by atoms with E-state index in [4.69, 9.17) is 16.6 Å². The van der Waals surface area contributed by atoms with E-state index in [9.17, 15) is 9.59 Å². The van der Waals surface area contributed by atoms with Crippen LogP contribution >= 0.6 is 22.9 Å². The molecule has 2 aromatic heterocycles. The van der Waals surface area contributed by atoms with Gasteiger partial charge >= 0.3 is 0 Å². The fourth-order valence-corrected chi connectivity index (χ4v) is 6.28. The normalized spacial score (nSPS) is 15.5. The van der Waals surface area contributed by atoms with Gasteiger partial charge in [-0.2, -0.15) is 0 Å². The second kappa shape index (κ2) is 9.92. The van der Waals surface area contributed by atoms with E-state index >= 15 is 0 Å². The van der Waals surface area contributed by atoms with Gasteiger partial charge in [-0.3, -0.25) is 14.6 Å². The lowest BCUT2D eigenvalue weighted by Gasteiger charge is -2.17. The van der Waals surface area contributed by atoms with Gasteiger partial charge in [0.05, 0.1) is 29.7 Å². The van der Waals surface area contributed by atoms with Crippen LogP contribution in [0.5, 0.6) is 0 Å². The largest absolute Gasteiger partial charge is 0.320 e. The number of thiophene rings is 1. The van der Waals surface area contributed by atoms with Gasteiger partial charge in [0.15, 0.2) is 0 Å². The van der Waals surface area contributed by atoms with Crippen LogP contribution in [0.2, 0.25) is 5.02 Å². The van der Waals surface area contributed by atoms with Crippen molar-refractivity contribution in [3.05, 3.63) is 105 Å². The van der Waals surface area contributed by atoms with Gasteiger partial charge in [-0.05, 0) is 67.1 Å². The molecule has 0 unspecified atom stereocenters. The number of amides is 2. The van der Waals surface area contributed by atoms with Gasteiger partial charge in [0, 0.05) is 21.7 Å². The van der Waals surface area contributed by atoms with Crippen molar-refractivity contribution in [1.82, 2.24) is 4.98 Å². The molecule has 6 nitrogen and oxygen atoms in total. The molecule has 3 heterocycles. The highest BCUT2D eigenvalue weighted by atomic mass is 35.5. The second-order valence-corrected chi connectivity index (χ2v) is 10.6. The number of rotatable bonds is 5. The minimum atomic E-state index is -0.219. The molecule has 0 fully saturated rings. The summed E-state index contributed by atoms with van der Waals surface area (Å²) in [6, 6.07) is 18.7. The topological polar surface area (TPSA) is 74.7 Å². The number of hydrogen-bond acceptors (Lipinski definition) is 5. The van der Waals surface area contributed by atoms with Crippen LogP contribution in [0.25, 0.3) is 0 Å². The fraction of sp³-hybridized carbons (Fsp3) is 0.172. The molecule has 2 amide bonds. The number of hydrogen-bond donors (Lipinski definition) is 1. The molecule has 1 aliphatic carbocycles. The molecule has 2 aliphatic rings. The number of aromatic nitrogens is 1. The summed E-state index contributed by atoms with van der Waals surface area (Å²) < 4.78 is 0. The lowest BCUT2D eigenvalue weighted by Crippen LogP contribution is -2.29. The highest BCUT2D eigenvalue weighted by Crippen LogP contribution is 2.42. The Morgan fingerprint density at radius 1 is 1.05 bits per heavy atom. The number of anilines is 2. The summed E-state index contributed by atoms with van der Waals surface area (Å²) >= 11 is 7.57. The van der Waals surface area contributed by atoms with Crippen LogP contribution < -0.4 is 10.2 Å². The maximum absolute atomic E-state index is 13.7. The van der Waals surface area contributed by atoms with Crippen LogP contribution in [0.15, 0.2) is 78.0 Å². The van der Waals surface area contributed by atoms with Crippen LogP contribution in [0.1, 0.15) is 44.8 Å².